The summed E-state index contributed by atoms with van der Waals surface area (Å²) in [6.07, 6.45) is 16.6. The summed E-state index contributed by atoms with van der Waals surface area (Å²) in [6.45, 7) is 5.18. The van der Waals surface area contributed by atoms with Crippen molar-refractivity contribution in [3.05, 3.63) is 29.3 Å². The van der Waals surface area contributed by atoms with Crippen LogP contribution in [0.4, 0.5) is 0 Å². The van der Waals surface area contributed by atoms with Gasteiger partial charge in [0.2, 0.25) is 0 Å². The summed E-state index contributed by atoms with van der Waals surface area (Å²) in [4.78, 5) is 0. The van der Waals surface area contributed by atoms with Gasteiger partial charge in [0.25, 0.3) is 0 Å². The molecule has 33 heavy (non-hydrogen) atoms. The van der Waals surface area contributed by atoms with E-state index in [0.717, 1.165) is 34.4 Å². The van der Waals surface area contributed by atoms with Crippen LogP contribution >= 0.6 is 0 Å². The number of unbranched alkanes of at least 4 members (excludes halogenated alkanes) is 11. The van der Waals surface area contributed by atoms with Gasteiger partial charge in [-0.05, 0) is 24.6 Å². The molecule has 0 aromatic heterocycles. The van der Waals surface area contributed by atoms with Crippen LogP contribution in [0.25, 0.3) is 0 Å². The summed E-state index contributed by atoms with van der Waals surface area (Å²) in [5.41, 5.74) is 2.74. The lowest BCUT2D eigenvalue weighted by Crippen LogP contribution is -3.00. The molecule has 0 aliphatic rings. The lowest BCUT2D eigenvalue weighted by atomic mass is 10.1. The van der Waals surface area contributed by atoms with Crippen LogP contribution in [-0.2, 0) is 13.1 Å². The minimum atomic E-state index is 0. The van der Waals surface area contributed by atoms with Gasteiger partial charge in [-0.1, -0.05) is 77.6 Å². The van der Waals surface area contributed by atoms with Gasteiger partial charge in [0, 0.05) is 11.1 Å². The highest BCUT2D eigenvalue weighted by Crippen LogP contribution is 2.24. The first-order chi connectivity index (χ1) is 14.6. The summed E-state index contributed by atoms with van der Waals surface area (Å²) < 4.78 is 8.11. The van der Waals surface area contributed by atoms with E-state index in [1.807, 2.05) is 0 Å². The molecule has 5 heteroatoms. The van der Waals surface area contributed by atoms with Crippen LogP contribution in [0.2, 0.25) is 0 Å². The number of nitrogens with zero attached hydrogens (tertiary/aromatic N) is 2. The van der Waals surface area contributed by atoms with E-state index < -0.39 is 0 Å². The van der Waals surface area contributed by atoms with Crippen molar-refractivity contribution in [3.8, 4) is 5.75 Å². The molecule has 1 aromatic carbocycles. The highest BCUT2D eigenvalue weighted by molar-refractivity contribution is 5.36. The summed E-state index contributed by atoms with van der Waals surface area (Å²) in [6, 6.07) is 6.82. The Balaban J connectivity index is 0. The zero-order valence-electron chi connectivity index (χ0n) is 22.9. The Morgan fingerprint density at radius 1 is 0.606 bits per heavy atom. The molecule has 0 aliphatic heterocycles. The average molecular weight is 595 g/mol. The first-order valence-corrected chi connectivity index (χ1v) is 13.0. The first-order valence-electron chi connectivity index (χ1n) is 13.0. The predicted molar refractivity (Wildman–Crippen MR) is 136 cm³/mol. The van der Waals surface area contributed by atoms with E-state index in [1.54, 1.807) is 0 Å². The highest BCUT2D eigenvalue weighted by atomic mass is 79.9. The van der Waals surface area contributed by atoms with Crippen molar-refractivity contribution in [1.82, 2.24) is 0 Å². The zero-order valence-corrected chi connectivity index (χ0v) is 26.1. The van der Waals surface area contributed by atoms with Crippen molar-refractivity contribution in [2.24, 2.45) is 0 Å². The fraction of sp³-hybridized carbons (Fsp3) is 0.786. The number of quaternary nitrogens is 2. The molecule has 1 aromatic rings. The fourth-order valence-electron chi connectivity index (χ4n) is 4.18. The largest absolute Gasteiger partial charge is 1.00 e. The number of ether oxygens (including phenoxy) is 1. The number of hydrogen-bond donors (Lipinski definition) is 0. The number of rotatable bonds is 18. The van der Waals surface area contributed by atoms with Crippen molar-refractivity contribution in [2.45, 2.75) is 97.1 Å². The molecule has 0 saturated heterocycles. The van der Waals surface area contributed by atoms with Crippen molar-refractivity contribution in [2.75, 3.05) is 48.9 Å². The van der Waals surface area contributed by atoms with Gasteiger partial charge in [0.05, 0.1) is 48.9 Å². The number of hydrogen-bond acceptors (Lipinski definition) is 1. The third kappa shape index (κ3) is 19.9. The van der Waals surface area contributed by atoms with Gasteiger partial charge in [-0.2, -0.15) is 0 Å². The second-order valence-electron chi connectivity index (χ2n) is 11.6. The molecule has 0 amide bonds. The van der Waals surface area contributed by atoms with Gasteiger partial charge in [0.1, 0.15) is 18.8 Å². The fourth-order valence-corrected chi connectivity index (χ4v) is 4.18. The minimum Gasteiger partial charge on any atom is -1.00 e. The Labute approximate surface area is 228 Å². The van der Waals surface area contributed by atoms with Crippen LogP contribution in [0.1, 0.15) is 95.1 Å². The van der Waals surface area contributed by atoms with Gasteiger partial charge in [-0.25, -0.2) is 0 Å². The van der Waals surface area contributed by atoms with Gasteiger partial charge in [-0.15, -0.1) is 0 Å². The lowest BCUT2D eigenvalue weighted by molar-refractivity contribution is -0.884. The van der Waals surface area contributed by atoms with Gasteiger partial charge >= 0.3 is 0 Å². The van der Waals surface area contributed by atoms with Gasteiger partial charge < -0.3 is 47.7 Å². The molecule has 0 bridgehead atoms. The average Bonchev–Trinajstić information content (AvgIpc) is 2.64. The van der Waals surface area contributed by atoms with Crippen molar-refractivity contribution < 1.29 is 47.7 Å². The van der Waals surface area contributed by atoms with Crippen LogP contribution in [-0.4, -0.2) is 57.9 Å². The Morgan fingerprint density at radius 2 is 1.06 bits per heavy atom. The van der Waals surface area contributed by atoms with E-state index >= 15 is 0 Å². The normalized spacial score (nSPS) is 11.6. The molecule has 3 nitrogen and oxygen atoms in total. The van der Waals surface area contributed by atoms with Crippen LogP contribution in [0, 0.1) is 0 Å². The quantitative estimate of drug-likeness (QED) is 0.184. The number of benzene rings is 1. The maximum atomic E-state index is 6.24. The second kappa shape index (κ2) is 19.1. The third-order valence-corrected chi connectivity index (χ3v) is 5.68. The second-order valence-corrected chi connectivity index (χ2v) is 11.6. The molecule has 0 aliphatic carbocycles. The minimum absolute atomic E-state index is 0. The summed E-state index contributed by atoms with van der Waals surface area (Å²) in [5, 5.41) is 0. The predicted octanol–water partition coefficient (Wildman–Crippen LogP) is 1.19. The third-order valence-electron chi connectivity index (χ3n) is 5.68. The summed E-state index contributed by atoms with van der Waals surface area (Å²) in [5.74, 6) is 1.08. The highest BCUT2D eigenvalue weighted by Gasteiger charge is 2.16. The molecule has 1 rings (SSSR count). The molecule has 196 valence electrons. The van der Waals surface area contributed by atoms with Crippen LogP contribution in [0.5, 0.6) is 5.75 Å². The van der Waals surface area contributed by atoms with Crippen LogP contribution in [0.15, 0.2) is 18.2 Å². The molecule has 0 unspecified atom stereocenters. The maximum Gasteiger partial charge on any atom is 0.128 e. The van der Waals surface area contributed by atoms with E-state index in [-0.39, 0.29) is 34.0 Å². The van der Waals surface area contributed by atoms with E-state index in [0.29, 0.717) is 0 Å². The molecule has 0 fully saturated rings. The Kier molecular flexibility index (Phi) is 20.3. The SMILES string of the molecule is CCCCCCCCCCCCCCOc1ccc(C[N+](C)(C)C)cc1C[N+](C)(C)C.[Br-].[Br-]. The smallest absolute Gasteiger partial charge is 0.128 e. The van der Waals surface area contributed by atoms with E-state index in [4.69, 9.17) is 4.74 Å². The van der Waals surface area contributed by atoms with Gasteiger partial charge in [0.15, 0.2) is 0 Å². The Hall–Kier alpha value is -0.100. The van der Waals surface area contributed by atoms with E-state index in [1.165, 1.54) is 88.2 Å². The first kappa shape index (κ1) is 35.1. The molecule has 0 atom stereocenters. The molecule has 0 N–H and O–H groups in total. The van der Waals surface area contributed by atoms with Crippen LogP contribution < -0.4 is 38.7 Å². The standard InChI is InChI=1S/C28H54N2O.2BrH/c1-8-9-10-11-12-13-14-15-16-17-18-19-22-31-28-21-20-26(24-29(2,3)4)23-27(28)25-30(5,6)7;;/h20-21,23H,8-19,22,24-25H2,1-7H3;2*1H/q+2;;/p-2. The van der Waals surface area contributed by atoms with Crippen molar-refractivity contribution in [1.29, 1.82) is 0 Å². The summed E-state index contributed by atoms with van der Waals surface area (Å²) in [7, 11) is 13.5. The zero-order chi connectivity index (χ0) is 23.2. The monoisotopic (exact) mass is 592 g/mol. The molecular weight excluding hydrogens is 540 g/mol. The van der Waals surface area contributed by atoms with Crippen LogP contribution in [0.3, 0.4) is 0 Å². The Bertz CT molecular complexity index is 595. The lowest BCUT2D eigenvalue weighted by Gasteiger charge is -2.27. The molecule has 0 heterocycles. The summed E-state index contributed by atoms with van der Waals surface area (Å²) >= 11 is 0. The Morgan fingerprint density at radius 3 is 1.52 bits per heavy atom. The van der Waals surface area contributed by atoms with Gasteiger partial charge in [-0.3, -0.25) is 0 Å². The molecule has 0 radical (unpaired) electrons. The molecule has 0 spiro atoms. The topological polar surface area (TPSA) is 9.23 Å². The maximum absolute atomic E-state index is 6.24. The number of halogens is 2. The van der Waals surface area contributed by atoms with Crippen molar-refractivity contribution >= 4 is 0 Å². The van der Waals surface area contributed by atoms with E-state index in [9.17, 15) is 0 Å². The van der Waals surface area contributed by atoms with Crippen molar-refractivity contribution in [3.63, 3.8) is 0 Å². The molecule has 0 saturated carbocycles. The van der Waals surface area contributed by atoms with E-state index in [2.05, 4.69) is 67.4 Å². The molecular formula is C28H54Br2N2O.